The van der Waals surface area contributed by atoms with Gasteiger partial charge in [0.05, 0.1) is 26.4 Å². The maximum Gasteiger partial charge on any atom is 0.215 e. The number of hydrogen-bond donors (Lipinski definition) is 1. The molecule has 4 rings (SSSR count). The third-order valence-corrected chi connectivity index (χ3v) is 5.36. The van der Waals surface area contributed by atoms with E-state index in [4.69, 9.17) is 14.2 Å². The van der Waals surface area contributed by atoms with Crippen molar-refractivity contribution in [1.82, 2.24) is 10.3 Å². The number of pyridine rings is 1. The topological polar surface area (TPSA) is 55.9 Å². The van der Waals surface area contributed by atoms with E-state index >= 15 is 0 Å². The molecular weight excluding hydrogens is 354 g/mol. The summed E-state index contributed by atoms with van der Waals surface area (Å²) >= 11 is 0. The van der Waals surface area contributed by atoms with Crippen LogP contribution in [0.1, 0.15) is 18.4 Å². The molecule has 3 heterocycles. The van der Waals surface area contributed by atoms with Gasteiger partial charge in [-0.2, -0.15) is 0 Å². The number of anilines is 1. The van der Waals surface area contributed by atoms with Gasteiger partial charge in [0.15, 0.2) is 0 Å². The Kier molecular flexibility index (Phi) is 6.76. The minimum absolute atomic E-state index is 0.490. The Balaban J connectivity index is 1.13. The molecule has 150 valence electrons. The summed E-state index contributed by atoms with van der Waals surface area (Å²) in [7, 11) is 0. The fourth-order valence-electron chi connectivity index (χ4n) is 4.03. The molecule has 6 heteroatoms. The summed E-state index contributed by atoms with van der Waals surface area (Å²) in [6, 6.07) is 15.5. The summed E-state index contributed by atoms with van der Waals surface area (Å²) in [5.74, 6) is 0.666. The van der Waals surface area contributed by atoms with Crippen LogP contribution in [-0.2, 0) is 16.1 Å². The zero-order chi connectivity index (χ0) is 19.0. The van der Waals surface area contributed by atoms with Crippen molar-refractivity contribution >= 4 is 5.69 Å². The van der Waals surface area contributed by atoms with Gasteiger partial charge in [-0.25, -0.2) is 4.98 Å². The van der Waals surface area contributed by atoms with E-state index in [-0.39, 0.29) is 0 Å². The Labute approximate surface area is 166 Å². The second-order valence-electron chi connectivity index (χ2n) is 7.30. The van der Waals surface area contributed by atoms with E-state index in [1.165, 1.54) is 24.1 Å². The standard InChI is InChI=1S/C22H29N3O3/c1-2-4-18(5-3-1)17-27-11-10-26-12-13-28-22-14-19(8-9-24-22)25-20-6-7-21(25)16-23-15-20/h1-5,8-9,14,20-21,23H,6-7,10-13,15-17H2. The van der Waals surface area contributed by atoms with E-state index in [2.05, 4.69) is 39.5 Å². The molecule has 0 spiro atoms. The van der Waals surface area contributed by atoms with Gasteiger partial charge >= 0.3 is 0 Å². The van der Waals surface area contributed by atoms with E-state index in [1.807, 2.05) is 24.4 Å². The van der Waals surface area contributed by atoms with Gasteiger partial charge in [-0.15, -0.1) is 0 Å². The predicted molar refractivity (Wildman–Crippen MR) is 109 cm³/mol. The van der Waals surface area contributed by atoms with E-state index in [0.717, 1.165) is 13.1 Å². The molecule has 2 bridgehead atoms. The Hall–Kier alpha value is -2.15. The van der Waals surface area contributed by atoms with Crippen molar-refractivity contribution < 1.29 is 14.2 Å². The van der Waals surface area contributed by atoms with Crippen LogP contribution >= 0.6 is 0 Å². The van der Waals surface area contributed by atoms with Crippen LogP contribution in [0.5, 0.6) is 5.88 Å². The van der Waals surface area contributed by atoms with Gasteiger partial charge in [0.25, 0.3) is 0 Å². The molecule has 2 unspecified atom stereocenters. The quantitative estimate of drug-likeness (QED) is 0.637. The molecule has 6 nitrogen and oxygen atoms in total. The molecule has 0 saturated carbocycles. The van der Waals surface area contributed by atoms with Crippen molar-refractivity contribution in [2.45, 2.75) is 31.5 Å². The van der Waals surface area contributed by atoms with Crippen molar-refractivity contribution in [1.29, 1.82) is 0 Å². The van der Waals surface area contributed by atoms with Crippen molar-refractivity contribution in [3.8, 4) is 5.88 Å². The number of piperazine rings is 1. The molecule has 2 aliphatic rings. The average molecular weight is 383 g/mol. The molecular formula is C22H29N3O3. The fourth-order valence-corrected chi connectivity index (χ4v) is 4.03. The lowest BCUT2D eigenvalue weighted by atomic mass is 10.2. The summed E-state index contributed by atoms with van der Waals surface area (Å²) in [6.07, 6.45) is 4.36. The highest BCUT2D eigenvalue weighted by Crippen LogP contribution is 2.33. The smallest absolute Gasteiger partial charge is 0.215 e. The predicted octanol–water partition coefficient (Wildman–Crippen LogP) is 2.63. The molecule has 2 fully saturated rings. The van der Waals surface area contributed by atoms with Gasteiger partial charge in [-0.1, -0.05) is 30.3 Å². The van der Waals surface area contributed by atoms with E-state index in [0.29, 0.717) is 51.0 Å². The average Bonchev–Trinajstić information content (AvgIpc) is 2.99. The summed E-state index contributed by atoms with van der Waals surface area (Å²) in [6.45, 7) is 4.90. The molecule has 2 aliphatic heterocycles. The molecule has 28 heavy (non-hydrogen) atoms. The van der Waals surface area contributed by atoms with Crippen molar-refractivity contribution in [2.75, 3.05) is 44.4 Å². The number of hydrogen-bond acceptors (Lipinski definition) is 6. The second kappa shape index (κ2) is 9.87. The number of nitrogens with one attached hydrogen (secondary N) is 1. The van der Waals surface area contributed by atoms with Crippen LogP contribution in [-0.4, -0.2) is 56.6 Å². The molecule has 1 aromatic carbocycles. The summed E-state index contributed by atoms with van der Waals surface area (Å²) in [5, 5.41) is 3.52. The van der Waals surface area contributed by atoms with E-state index in [1.54, 1.807) is 0 Å². The number of nitrogens with zero attached hydrogens (tertiary/aromatic N) is 2. The first-order chi connectivity index (χ1) is 13.9. The highest BCUT2D eigenvalue weighted by atomic mass is 16.5. The summed E-state index contributed by atoms with van der Waals surface area (Å²) < 4.78 is 17.0. The van der Waals surface area contributed by atoms with Crippen molar-refractivity contribution in [3.05, 3.63) is 54.2 Å². The molecule has 1 aromatic heterocycles. The maximum atomic E-state index is 5.79. The first-order valence-electron chi connectivity index (χ1n) is 10.2. The van der Waals surface area contributed by atoms with Gasteiger partial charge in [0.1, 0.15) is 6.61 Å². The van der Waals surface area contributed by atoms with Crippen LogP contribution in [0.25, 0.3) is 0 Å². The Morgan fingerprint density at radius 1 is 0.929 bits per heavy atom. The van der Waals surface area contributed by atoms with Gasteiger partial charge < -0.3 is 24.4 Å². The zero-order valence-corrected chi connectivity index (χ0v) is 16.3. The Bertz CT molecular complexity index is 712. The molecule has 0 aliphatic carbocycles. The first-order valence-corrected chi connectivity index (χ1v) is 10.2. The molecule has 1 N–H and O–H groups in total. The SMILES string of the molecule is c1ccc(COCCOCCOc2cc(N3C4CCC3CNC4)ccn2)cc1. The molecule has 2 saturated heterocycles. The minimum atomic E-state index is 0.490. The lowest BCUT2D eigenvalue weighted by Crippen LogP contribution is -2.52. The van der Waals surface area contributed by atoms with Gasteiger partial charge in [0.2, 0.25) is 5.88 Å². The largest absolute Gasteiger partial charge is 0.475 e. The molecule has 2 atom stereocenters. The summed E-state index contributed by atoms with van der Waals surface area (Å²) in [4.78, 5) is 6.87. The zero-order valence-electron chi connectivity index (χ0n) is 16.3. The van der Waals surface area contributed by atoms with Crippen LogP contribution in [0, 0.1) is 0 Å². The fraction of sp³-hybridized carbons (Fsp3) is 0.500. The minimum Gasteiger partial charge on any atom is -0.475 e. The third kappa shape index (κ3) is 5.01. The van der Waals surface area contributed by atoms with Crippen LogP contribution in [0.2, 0.25) is 0 Å². The number of rotatable bonds is 10. The van der Waals surface area contributed by atoms with Gasteiger partial charge in [-0.3, -0.25) is 0 Å². The second-order valence-corrected chi connectivity index (χ2v) is 7.30. The van der Waals surface area contributed by atoms with E-state index in [9.17, 15) is 0 Å². The summed E-state index contributed by atoms with van der Waals surface area (Å²) in [5.41, 5.74) is 2.39. The third-order valence-electron chi connectivity index (χ3n) is 5.36. The highest BCUT2D eigenvalue weighted by Gasteiger charge is 2.36. The number of benzene rings is 1. The molecule has 0 amide bonds. The van der Waals surface area contributed by atoms with Crippen LogP contribution in [0.4, 0.5) is 5.69 Å². The maximum absolute atomic E-state index is 5.79. The van der Waals surface area contributed by atoms with Crippen molar-refractivity contribution in [3.63, 3.8) is 0 Å². The lowest BCUT2D eigenvalue weighted by molar-refractivity contribution is 0.0299. The lowest BCUT2D eigenvalue weighted by Gasteiger charge is -2.37. The Morgan fingerprint density at radius 3 is 2.50 bits per heavy atom. The highest BCUT2D eigenvalue weighted by molar-refractivity contribution is 5.52. The van der Waals surface area contributed by atoms with Crippen LogP contribution < -0.4 is 15.0 Å². The molecule has 0 radical (unpaired) electrons. The monoisotopic (exact) mass is 383 g/mol. The van der Waals surface area contributed by atoms with Gasteiger partial charge in [-0.05, 0) is 24.5 Å². The van der Waals surface area contributed by atoms with E-state index < -0.39 is 0 Å². The normalized spacial score (nSPS) is 21.1. The van der Waals surface area contributed by atoms with Crippen molar-refractivity contribution in [2.24, 2.45) is 0 Å². The number of aromatic nitrogens is 1. The number of ether oxygens (including phenoxy) is 3. The number of fused-ring (bicyclic) bond motifs is 2. The van der Waals surface area contributed by atoms with Crippen LogP contribution in [0.15, 0.2) is 48.7 Å². The van der Waals surface area contributed by atoms with Crippen LogP contribution in [0.3, 0.4) is 0 Å². The first kappa shape index (κ1) is 19.2. The molecule has 2 aromatic rings. The van der Waals surface area contributed by atoms with Gasteiger partial charge in [0, 0.05) is 43.1 Å². The Morgan fingerprint density at radius 2 is 1.68 bits per heavy atom.